The lowest BCUT2D eigenvalue weighted by Crippen LogP contribution is -2.16. The van der Waals surface area contributed by atoms with Crippen LogP contribution < -0.4 is 14.2 Å². The predicted molar refractivity (Wildman–Crippen MR) is 126 cm³/mol. The number of hydrogen-bond donors (Lipinski definition) is 1. The molecule has 2 aliphatic rings. The van der Waals surface area contributed by atoms with E-state index in [-0.39, 0.29) is 12.0 Å². The second-order valence-corrected chi connectivity index (χ2v) is 9.22. The SMILES string of the molecule is COc1ccc(-c2cccc3c2CC[C@H]3Oc2ccc(C3=CC(=O)NS3=O)cc2)c(Cl)c1. The van der Waals surface area contributed by atoms with Crippen LogP contribution in [0.25, 0.3) is 16.0 Å². The molecule has 0 saturated heterocycles. The highest BCUT2D eigenvalue weighted by Gasteiger charge is 2.27. The van der Waals surface area contributed by atoms with Crippen LogP contribution in [0.5, 0.6) is 11.5 Å². The Morgan fingerprint density at radius 1 is 1.03 bits per heavy atom. The Balaban J connectivity index is 1.39. The van der Waals surface area contributed by atoms with Gasteiger partial charge in [-0.1, -0.05) is 41.9 Å². The summed E-state index contributed by atoms with van der Waals surface area (Å²) < 4.78 is 25.9. The van der Waals surface area contributed by atoms with E-state index in [0.717, 1.165) is 46.6 Å². The molecule has 0 fully saturated rings. The molecule has 0 radical (unpaired) electrons. The molecule has 0 saturated carbocycles. The molecule has 1 heterocycles. The van der Waals surface area contributed by atoms with Crippen LogP contribution in [0.1, 0.15) is 29.2 Å². The monoisotopic (exact) mass is 465 g/mol. The molecule has 3 aromatic rings. The summed E-state index contributed by atoms with van der Waals surface area (Å²) in [6, 6.07) is 19.3. The van der Waals surface area contributed by atoms with Gasteiger partial charge in [-0.2, -0.15) is 0 Å². The van der Waals surface area contributed by atoms with Crippen molar-refractivity contribution in [1.29, 1.82) is 0 Å². The molecule has 7 heteroatoms. The van der Waals surface area contributed by atoms with Gasteiger partial charge in [0, 0.05) is 11.6 Å². The summed E-state index contributed by atoms with van der Waals surface area (Å²) in [7, 11) is 0.120. The van der Waals surface area contributed by atoms with Crippen molar-refractivity contribution >= 4 is 33.4 Å². The highest BCUT2D eigenvalue weighted by molar-refractivity contribution is 7.93. The van der Waals surface area contributed by atoms with Gasteiger partial charge in [-0.25, -0.2) is 4.21 Å². The number of carbonyl (C=O) groups excluding carboxylic acids is 1. The van der Waals surface area contributed by atoms with E-state index >= 15 is 0 Å². The lowest BCUT2D eigenvalue weighted by molar-refractivity contribution is -0.114. The lowest BCUT2D eigenvalue weighted by Gasteiger charge is -2.16. The van der Waals surface area contributed by atoms with Crippen LogP contribution in [0.3, 0.4) is 0 Å². The van der Waals surface area contributed by atoms with E-state index in [4.69, 9.17) is 21.1 Å². The average Bonchev–Trinajstić information content (AvgIpc) is 3.36. The van der Waals surface area contributed by atoms with Crippen LogP contribution in [0.4, 0.5) is 0 Å². The molecule has 1 amide bonds. The Morgan fingerprint density at radius 3 is 2.50 bits per heavy atom. The van der Waals surface area contributed by atoms with Gasteiger partial charge in [-0.15, -0.1) is 0 Å². The molecule has 5 nitrogen and oxygen atoms in total. The maximum absolute atomic E-state index is 12.0. The Kier molecular flexibility index (Phi) is 5.49. The largest absolute Gasteiger partial charge is 0.497 e. The highest BCUT2D eigenvalue weighted by Crippen LogP contribution is 2.42. The van der Waals surface area contributed by atoms with E-state index < -0.39 is 11.0 Å². The quantitative estimate of drug-likeness (QED) is 0.561. The third-order valence-electron chi connectivity index (χ3n) is 5.75. The summed E-state index contributed by atoms with van der Waals surface area (Å²) >= 11 is 6.54. The first-order valence-electron chi connectivity index (χ1n) is 10.2. The fourth-order valence-electron chi connectivity index (χ4n) is 4.23. The molecular weight excluding hydrogens is 446 g/mol. The number of ether oxygens (including phenoxy) is 2. The van der Waals surface area contributed by atoms with Crippen molar-refractivity contribution in [1.82, 2.24) is 4.72 Å². The number of benzene rings is 3. The molecule has 1 unspecified atom stereocenters. The van der Waals surface area contributed by atoms with Crippen LogP contribution in [-0.2, 0) is 22.2 Å². The van der Waals surface area contributed by atoms with Crippen molar-refractivity contribution in [2.75, 3.05) is 7.11 Å². The average molecular weight is 466 g/mol. The number of nitrogens with one attached hydrogen (secondary N) is 1. The molecule has 1 N–H and O–H groups in total. The van der Waals surface area contributed by atoms with E-state index in [9.17, 15) is 9.00 Å². The molecule has 3 aromatic carbocycles. The molecule has 1 aliphatic carbocycles. The second kappa shape index (κ2) is 8.45. The maximum atomic E-state index is 12.0. The zero-order valence-corrected chi connectivity index (χ0v) is 18.8. The third kappa shape index (κ3) is 3.80. The number of amides is 1. The first-order valence-corrected chi connectivity index (χ1v) is 11.7. The molecule has 5 rings (SSSR count). The fraction of sp³-hybridized carbons (Fsp3) is 0.160. The van der Waals surface area contributed by atoms with E-state index in [1.165, 1.54) is 11.6 Å². The molecule has 0 bridgehead atoms. The van der Waals surface area contributed by atoms with Crippen LogP contribution >= 0.6 is 11.6 Å². The van der Waals surface area contributed by atoms with Crippen LogP contribution in [0, 0.1) is 0 Å². The minimum absolute atomic E-state index is 0.0594. The maximum Gasteiger partial charge on any atom is 0.257 e. The van der Waals surface area contributed by atoms with E-state index in [0.29, 0.717) is 9.93 Å². The summed E-state index contributed by atoms with van der Waals surface area (Å²) in [5.74, 6) is 1.12. The van der Waals surface area contributed by atoms with Crippen molar-refractivity contribution in [3.63, 3.8) is 0 Å². The van der Waals surface area contributed by atoms with Crippen LogP contribution in [0.15, 0.2) is 66.7 Å². The van der Waals surface area contributed by atoms with Crippen molar-refractivity contribution in [3.8, 4) is 22.6 Å². The third-order valence-corrected chi connectivity index (χ3v) is 7.21. The molecule has 32 heavy (non-hydrogen) atoms. The number of carbonyl (C=O) groups is 1. The van der Waals surface area contributed by atoms with Gasteiger partial charge < -0.3 is 9.47 Å². The summed E-state index contributed by atoms with van der Waals surface area (Å²) in [6.45, 7) is 0. The zero-order chi connectivity index (χ0) is 22.2. The first-order chi connectivity index (χ1) is 15.5. The fourth-order valence-corrected chi connectivity index (χ4v) is 5.42. The Labute approximate surface area is 193 Å². The molecule has 1 aliphatic heterocycles. The van der Waals surface area contributed by atoms with Gasteiger partial charge >= 0.3 is 0 Å². The van der Waals surface area contributed by atoms with Gasteiger partial charge in [-0.3, -0.25) is 9.52 Å². The molecule has 0 spiro atoms. The van der Waals surface area contributed by atoms with Gasteiger partial charge in [0.15, 0.2) is 11.0 Å². The highest BCUT2D eigenvalue weighted by atomic mass is 35.5. The standard InChI is InChI=1S/C25H20ClNO4S/c1-30-17-9-10-20(22(26)13-17)18-3-2-4-21-19(18)11-12-23(21)31-16-7-5-15(6-8-16)24-14-25(28)27-32(24)29/h2-10,13-14,23H,11-12H2,1H3,(H,27,28)/t23-,32?/m1/s1. The predicted octanol–water partition coefficient (Wildman–Crippen LogP) is 5.22. The van der Waals surface area contributed by atoms with Gasteiger partial charge in [0.05, 0.1) is 17.0 Å². The number of rotatable bonds is 5. The molecule has 162 valence electrons. The minimum Gasteiger partial charge on any atom is -0.497 e. The van der Waals surface area contributed by atoms with E-state index in [1.54, 1.807) is 7.11 Å². The van der Waals surface area contributed by atoms with Gasteiger partial charge in [0.1, 0.15) is 17.6 Å². The van der Waals surface area contributed by atoms with E-state index in [2.05, 4.69) is 16.9 Å². The Bertz CT molecular complexity index is 1270. The summed E-state index contributed by atoms with van der Waals surface area (Å²) in [5, 5.41) is 0.657. The lowest BCUT2D eigenvalue weighted by atomic mass is 9.96. The van der Waals surface area contributed by atoms with Gasteiger partial charge in [0.2, 0.25) is 0 Å². The van der Waals surface area contributed by atoms with Crippen molar-refractivity contribution in [2.24, 2.45) is 0 Å². The smallest absolute Gasteiger partial charge is 0.257 e. The summed E-state index contributed by atoms with van der Waals surface area (Å²) in [4.78, 5) is 11.9. The zero-order valence-electron chi connectivity index (χ0n) is 17.3. The summed E-state index contributed by atoms with van der Waals surface area (Å²) in [5.41, 5.74) is 5.24. The topological polar surface area (TPSA) is 64.6 Å². The van der Waals surface area contributed by atoms with Crippen LogP contribution in [0.2, 0.25) is 5.02 Å². The first kappa shape index (κ1) is 20.8. The Morgan fingerprint density at radius 2 is 1.81 bits per heavy atom. The number of methoxy groups -OCH3 is 1. The molecule has 2 atom stereocenters. The van der Waals surface area contributed by atoms with Crippen molar-refractivity contribution in [2.45, 2.75) is 18.9 Å². The number of hydrogen-bond acceptors (Lipinski definition) is 4. The van der Waals surface area contributed by atoms with Crippen molar-refractivity contribution in [3.05, 3.63) is 88.5 Å². The molecule has 0 aromatic heterocycles. The van der Waals surface area contributed by atoms with Crippen molar-refractivity contribution < 1.29 is 18.5 Å². The van der Waals surface area contributed by atoms with E-state index in [1.807, 2.05) is 48.5 Å². The number of fused-ring (bicyclic) bond motifs is 1. The number of halogens is 1. The second-order valence-electron chi connectivity index (χ2n) is 7.63. The van der Waals surface area contributed by atoms with Crippen LogP contribution in [-0.4, -0.2) is 17.2 Å². The summed E-state index contributed by atoms with van der Waals surface area (Å²) in [6.07, 6.45) is 3.08. The minimum atomic E-state index is -1.51. The van der Waals surface area contributed by atoms with Gasteiger partial charge in [-0.05, 0) is 65.4 Å². The Hall–Kier alpha value is -3.09. The normalized spacial score (nSPS) is 19.3. The molecular formula is C25H20ClNO4S. The van der Waals surface area contributed by atoms with Gasteiger partial charge in [0.25, 0.3) is 5.91 Å².